The second kappa shape index (κ2) is 6.21. The van der Waals surface area contributed by atoms with E-state index in [1.807, 2.05) is 20.8 Å². The van der Waals surface area contributed by atoms with Crippen molar-refractivity contribution >= 4 is 11.8 Å². The molecular formula is C14H26N2O2. The molecular weight excluding hydrogens is 228 g/mol. The summed E-state index contributed by atoms with van der Waals surface area (Å²) in [5, 5.41) is 2.87. The van der Waals surface area contributed by atoms with Crippen LogP contribution in [0.15, 0.2) is 0 Å². The van der Waals surface area contributed by atoms with Gasteiger partial charge in [0.15, 0.2) is 0 Å². The van der Waals surface area contributed by atoms with Crippen LogP contribution in [0.1, 0.15) is 52.9 Å². The van der Waals surface area contributed by atoms with Crippen LogP contribution in [-0.2, 0) is 9.59 Å². The van der Waals surface area contributed by atoms with Gasteiger partial charge in [-0.15, -0.1) is 0 Å². The topological polar surface area (TPSA) is 49.4 Å². The first kappa shape index (κ1) is 15.0. The van der Waals surface area contributed by atoms with Gasteiger partial charge in [-0.2, -0.15) is 0 Å². The van der Waals surface area contributed by atoms with Gasteiger partial charge in [0, 0.05) is 19.0 Å². The molecule has 18 heavy (non-hydrogen) atoms. The van der Waals surface area contributed by atoms with E-state index in [1.165, 1.54) is 12.8 Å². The van der Waals surface area contributed by atoms with Crippen LogP contribution in [0.2, 0.25) is 0 Å². The highest BCUT2D eigenvalue weighted by atomic mass is 16.2. The lowest BCUT2D eigenvalue weighted by atomic mass is 10.0. The highest BCUT2D eigenvalue weighted by Crippen LogP contribution is 2.27. The zero-order valence-electron chi connectivity index (χ0n) is 12.1. The Morgan fingerprint density at radius 3 is 2.28 bits per heavy atom. The van der Waals surface area contributed by atoms with Crippen LogP contribution in [0.25, 0.3) is 0 Å². The average Bonchev–Trinajstić information content (AvgIpc) is 2.66. The van der Waals surface area contributed by atoms with E-state index >= 15 is 0 Å². The zero-order chi connectivity index (χ0) is 13.8. The summed E-state index contributed by atoms with van der Waals surface area (Å²) in [5.74, 6) is 0.529. The summed E-state index contributed by atoms with van der Waals surface area (Å²) in [5.41, 5.74) is -0.244. The molecule has 0 aromatic carbocycles. The number of nitrogens with zero attached hydrogens (tertiary/aromatic N) is 1. The minimum Gasteiger partial charge on any atom is -0.350 e. The minimum absolute atomic E-state index is 0.0889. The summed E-state index contributed by atoms with van der Waals surface area (Å²) < 4.78 is 0. The van der Waals surface area contributed by atoms with Crippen LogP contribution >= 0.6 is 0 Å². The fraction of sp³-hybridized carbons (Fsp3) is 0.857. The molecule has 0 spiro atoms. The van der Waals surface area contributed by atoms with Gasteiger partial charge in [0.2, 0.25) is 11.8 Å². The smallest absolute Gasteiger partial charge is 0.240 e. The highest BCUT2D eigenvalue weighted by molar-refractivity contribution is 5.85. The molecule has 104 valence electrons. The average molecular weight is 254 g/mol. The van der Waals surface area contributed by atoms with Crippen LogP contribution in [0.5, 0.6) is 0 Å². The van der Waals surface area contributed by atoms with E-state index in [-0.39, 0.29) is 23.9 Å². The number of likely N-dealkylation sites (N-methyl/N-ethyl adjacent to an activating group) is 1. The van der Waals surface area contributed by atoms with Gasteiger partial charge in [-0.1, -0.05) is 12.8 Å². The molecule has 0 saturated heterocycles. The van der Waals surface area contributed by atoms with Crippen LogP contribution in [0, 0.1) is 5.92 Å². The second-order valence-electron chi connectivity index (χ2n) is 6.40. The molecule has 0 radical (unpaired) electrons. The van der Waals surface area contributed by atoms with Crippen molar-refractivity contribution in [3.05, 3.63) is 0 Å². The Kier molecular flexibility index (Phi) is 5.17. The van der Waals surface area contributed by atoms with Crippen molar-refractivity contribution in [3.63, 3.8) is 0 Å². The lowest BCUT2D eigenvalue weighted by Crippen LogP contribution is -2.46. The molecule has 1 rings (SSSR count). The molecule has 1 N–H and O–H groups in total. The minimum atomic E-state index is -0.244. The normalized spacial score (nSPS) is 16.7. The largest absolute Gasteiger partial charge is 0.350 e. The third-order valence-corrected chi connectivity index (χ3v) is 3.26. The number of nitrogens with one attached hydrogen (secondary N) is 1. The summed E-state index contributed by atoms with van der Waals surface area (Å²) in [6, 6.07) is 0. The molecule has 0 bridgehead atoms. The van der Waals surface area contributed by atoms with Crippen molar-refractivity contribution in [1.82, 2.24) is 10.2 Å². The quantitative estimate of drug-likeness (QED) is 0.833. The molecule has 1 aliphatic rings. The molecule has 0 atom stereocenters. The summed E-state index contributed by atoms with van der Waals surface area (Å²) >= 11 is 0. The molecule has 4 nitrogen and oxygen atoms in total. The van der Waals surface area contributed by atoms with E-state index in [0.717, 1.165) is 12.8 Å². The van der Waals surface area contributed by atoms with Crippen LogP contribution in [0.3, 0.4) is 0 Å². The predicted molar refractivity (Wildman–Crippen MR) is 72.1 cm³/mol. The molecule has 0 unspecified atom stereocenters. The molecule has 0 heterocycles. The van der Waals surface area contributed by atoms with E-state index in [0.29, 0.717) is 12.3 Å². The van der Waals surface area contributed by atoms with Gasteiger partial charge < -0.3 is 10.2 Å². The maximum atomic E-state index is 11.9. The van der Waals surface area contributed by atoms with Gasteiger partial charge in [-0.05, 0) is 39.5 Å². The lowest BCUT2D eigenvalue weighted by molar-refractivity contribution is -0.135. The maximum Gasteiger partial charge on any atom is 0.240 e. The third-order valence-electron chi connectivity index (χ3n) is 3.26. The number of carbonyl (C=O) groups excluding carboxylic acids is 2. The van der Waals surface area contributed by atoms with Gasteiger partial charge in [0.1, 0.15) is 0 Å². The molecule has 0 aromatic heterocycles. The number of rotatable bonds is 4. The molecule has 0 aliphatic heterocycles. The summed E-state index contributed by atoms with van der Waals surface area (Å²) in [6.45, 7) is 5.96. The van der Waals surface area contributed by atoms with E-state index < -0.39 is 0 Å². The molecule has 4 heteroatoms. The maximum absolute atomic E-state index is 11.9. The Bertz CT molecular complexity index is 301. The van der Waals surface area contributed by atoms with E-state index in [1.54, 1.807) is 11.9 Å². The SMILES string of the molecule is CN(CC(=O)NC(C)(C)C)C(=O)CC1CCCC1. The van der Waals surface area contributed by atoms with Crippen molar-refractivity contribution in [3.8, 4) is 0 Å². The van der Waals surface area contributed by atoms with Gasteiger partial charge >= 0.3 is 0 Å². The Balaban J connectivity index is 2.32. The van der Waals surface area contributed by atoms with E-state index in [9.17, 15) is 9.59 Å². The Morgan fingerprint density at radius 1 is 1.22 bits per heavy atom. The first-order valence-corrected chi connectivity index (χ1v) is 6.83. The lowest BCUT2D eigenvalue weighted by Gasteiger charge is -2.24. The van der Waals surface area contributed by atoms with Crippen molar-refractivity contribution in [2.75, 3.05) is 13.6 Å². The Hall–Kier alpha value is -1.06. The molecule has 0 aromatic rings. The van der Waals surface area contributed by atoms with Crippen LogP contribution in [-0.4, -0.2) is 35.8 Å². The monoisotopic (exact) mass is 254 g/mol. The van der Waals surface area contributed by atoms with Crippen molar-refractivity contribution in [2.45, 2.75) is 58.4 Å². The van der Waals surface area contributed by atoms with Gasteiger partial charge in [-0.25, -0.2) is 0 Å². The summed E-state index contributed by atoms with van der Waals surface area (Å²) in [4.78, 5) is 25.2. The Morgan fingerprint density at radius 2 is 1.78 bits per heavy atom. The molecule has 1 saturated carbocycles. The molecule has 2 amide bonds. The van der Waals surface area contributed by atoms with E-state index in [4.69, 9.17) is 0 Å². The summed E-state index contributed by atoms with van der Waals surface area (Å²) in [7, 11) is 1.71. The van der Waals surface area contributed by atoms with E-state index in [2.05, 4.69) is 5.32 Å². The number of carbonyl (C=O) groups is 2. The number of amides is 2. The second-order valence-corrected chi connectivity index (χ2v) is 6.40. The van der Waals surface area contributed by atoms with Gasteiger partial charge in [0.25, 0.3) is 0 Å². The first-order valence-electron chi connectivity index (χ1n) is 6.83. The van der Waals surface area contributed by atoms with Crippen molar-refractivity contribution in [1.29, 1.82) is 0 Å². The predicted octanol–water partition coefficient (Wildman–Crippen LogP) is 1.94. The number of hydrogen-bond acceptors (Lipinski definition) is 2. The molecule has 1 aliphatic carbocycles. The first-order chi connectivity index (χ1) is 8.28. The van der Waals surface area contributed by atoms with Crippen molar-refractivity contribution in [2.24, 2.45) is 5.92 Å². The standard InChI is InChI=1S/C14H26N2O2/c1-14(2,3)15-12(17)10-16(4)13(18)9-11-7-5-6-8-11/h11H,5-10H2,1-4H3,(H,15,17). The van der Waals surface area contributed by atoms with Crippen LogP contribution in [0.4, 0.5) is 0 Å². The molecule has 1 fully saturated rings. The third kappa shape index (κ3) is 5.52. The van der Waals surface area contributed by atoms with Crippen molar-refractivity contribution < 1.29 is 9.59 Å². The Labute approximate surface area is 110 Å². The highest BCUT2D eigenvalue weighted by Gasteiger charge is 2.22. The van der Waals surface area contributed by atoms with Gasteiger partial charge in [-0.3, -0.25) is 9.59 Å². The fourth-order valence-corrected chi connectivity index (χ4v) is 2.38. The zero-order valence-corrected chi connectivity index (χ0v) is 12.1. The summed E-state index contributed by atoms with van der Waals surface area (Å²) in [6.07, 6.45) is 5.40. The number of hydrogen-bond donors (Lipinski definition) is 1. The van der Waals surface area contributed by atoms with Crippen LogP contribution < -0.4 is 5.32 Å². The van der Waals surface area contributed by atoms with Gasteiger partial charge in [0.05, 0.1) is 6.54 Å². The fourth-order valence-electron chi connectivity index (χ4n) is 2.38.